The Bertz CT molecular complexity index is 1210. The summed E-state index contributed by atoms with van der Waals surface area (Å²) in [6.07, 6.45) is 1.71. The fourth-order valence-corrected chi connectivity index (χ4v) is 4.59. The molecule has 35 heavy (non-hydrogen) atoms. The highest BCUT2D eigenvalue weighted by molar-refractivity contribution is 14.1. The fourth-order valence-electron chi connectivity index (χ4n) is 3.39. The van der Waals surface area contributed by atoms with Gasteiger partial charge < -0.3 is 14.2 Å². The number of imide groups is 1. The van der Waals surface area contributed by atoms with E-state index in [1.54, 1.807) is 12.1 Å². The first-order chi connectivity index (χ1) is 17.0. The molecular weight excluding hydrogens is 577 g/mol. The molecule has 0 aromatic heterocycles. The van der Waals surface area contributed by atoms with Crippen molar-refractivity contribution in [1.82, 2.24) is 4.90 Å². The van der Waals surface area contributed by atoms with E-state index in [0.717, 1.165) is 32.2 Å². The van der Waals surface area contributed by atoms with Crippen molar-refractivity contribution in [2.45, 2.75) is 13.5 Å². The van der Waals surface area contributed by atoms with E-state index in [1.807, 2.05) is 73.7 Å². The molecule has 0 N–H and O–H groups in total. The summed E-state index contributed by atoms with van der Waals surface area (Å²) in [5.74, 6) is 1.65. The normalized spacial score (nSPS) is 14.5. The highest BCUT2D eigenvalue weighted by Crippen LogP contribution is 2.35. The predicted molar refractivity (Wildman–Crippen MR) is 146 cm³/mol. The number of halogens is 1. The van der Waals surface area contributed by atoms with Crippen molar-refractivity contribution in [1.29, 1.82) is 0 Å². The van der Waals surface area contributed by atoms with Gasteiger partial charge in [-0.05, 0) is 94.9 Å². The van der Waals surface area contributed by atoms with Crippen molar-refractivity contribution in [2.24, 2.45) is 0 Å². The molecule has 0 saturated carbocycles. The predicted octanol–water partition coefficient (Wildman–Crippen LogP) is 6.38. The molecule has 6 nitrogen and oxygen atoms in total. The number of hydrogen-bond acceptors (Lipinski definition) is 6. The summed E-state index contributed by atoms with van der Waals surface area (Å²) in [4.78, 5) is 27.1. The molecular formula is C27H24INO5S. The fraction of sp³-hybridized carbons (Fsp3) is 0.185. The summed E-state index contributed by atoms with van der Waals surface area (Å²) < 4.78 is 18.4. The largest absolute Gasteiger partial charge is 0.490 e. The molecule has 0 atom stereocenters. The minimum atomic E-state index is -0.296. The second kappa shape index (κ2) is 12.1. The molecule has 1 saturated heterocycles. The summed E-state index contributed by atoms with van der Waals surface area (Å²) >= 11 is 3.17. The number of benzene rings is 3. The van der Waals surface area contributed by atoms with Gasteiger partial charge in [0, 0.05) is 3.57 Å². The summed E-state index contributed by atoms with van der Waals surface area (Å²) in [5, 5.41) is -0.275. The van der Waals surface area contributed by atoms with Crippen LogP contribution in [0.2, 0.25) is 0 Å². The van der Waals surface area contributed by atoms with Gasteiger partial charge in [-0.15, -0.1) is 0 Å². The minimum Gasteiger partial charge on any atom is -0.490 e. The number of nitrogens with zero attached hydrogens (tertiary/aromatic N) is 1. The van der Waals surface area contributed by atoms with Gasteiger partial charge in [0.1, 0.15) is 19.0 Å². The number of hydrogen-bond donors (Lipinski definition) is 0. The van der Waals surface area contributed by atoms with Gasteiger partial charge >= 0.3 is 0 Å². The lowest BCUT2D eigenvalue weighted by molar-refractivity contribution is -0.123. The molecule has 3 aromatic carbocycles. The molecule has 1 fully saturated rings. The van der Waals surface area contributed by atoms with E-state index in [-0.39, 0.29) is 17.7 Å². The van der Waals surface area contributed by atoms with Gasteiger partial charge in [-0.25, -0.2) is 0 Å². The van der Waals surface area contributed by atoms with Crippen LogP contribution in [0.4, 0.5) is 4.79 Å². The molecule has 0 aliphatic carbocycles. The lowest BCUT2D eigenvalue weighted by atomic mass is 10.1. The molecule has 0 bridgehead atoms. The Kier molecular flexibility index (Phi) is 8.70. The summed E-state index contributed by atoms with van der Waals surface area (Å²) in [6.45, 7) is 3.36. The molecule has 180 valence electrons. The smallest absolute Gasteiger partial charge is 0.293 e. The van der Waals surface area contributed by atoms with Crippen molar-refractivity contribution in [3.05, 3.63) is 92.4 Å². The Labute approximate surface area is 222 Å². The van der Waals surface area contributed by atoms with E-state index < -0.39 is 0 Å². The van der Waals surface area contributed by atoms with Crippen molar-refractivity contribution in [2.75, 3.05) is 19.8 Å². The minimum absolute atomic E-state index is 0.251. The van der Waals surface area contributed by atoms with Gasteiger partial charge in [0.2, 0.25) is 0 Å². The van der Waals surface area contributed by atoms with Crippen LogP contribution in [-0.4, -0.2) is 35.9 Å². The third-order valence-corrected chi connectivity index (χ3v) is 6.67. The number of para-hydroxylation sites is 1. The third kappa shape index (κ3) is 6.79. The van der Waals surface area contributed by atoms with Crippen molar-refractivity contribution in [3.63, 3.8) is 0 Å². The van der Waals surface area contributed by atoms with Gasteiger partial charge in [-0.2, -0.15) is 0 Å². The number of carbonyl (C=O) groups excluding carboxylic acids is 2. The molecule has 1 aliphatic rings. The average Bonchev–Trinajstić information content (AvgIpc) is 3.12. The third-order valence-electron chi connectivity index (χ3n) is 5.05. The average molecular weight is 601 g/mol. The van der Waals surface area contributed by atoms with Crippen molar-refractivity contribution < 1.29 is 23.8 Å². The van der Waals surface area contributed by atoms with Gasteiger partial charge in [0.15, 0.2) is 11.5 Å². The van der Waals surface area contributed by atoms with E-state index >= 15 is 0 Å². The van der Waals surface area contributed by atoms with Gasteiger partial charge in [-0.3, -0.25) is 14.5 Å². The van der Waals surface area contributed by atoms with Crippen LogP contribution < -0.4 is 14.2 Å². The Balaban J connectivity index is 1.41. The maximum Gasteiger partial charge on any atom is 0.293 e. The maximum atomic E-state index is 12.9. The second-order valence-electron chi connectivity index (χ2n) is 7.54. The Morgan fingerprint density at radius 3 is 2.37 bits per heavy atom. The van der Waals surface area contributed by atoms with Crippen molar-refractivity contribution in [3.8, 4) is 17.2 Å². The molecule has 4 rings (SSSR count). The van der Waals surface area contributed by atoms with E-state index in [2.05, 4.69) is 22.6 Å². The summed E-state index contributed by atoms with van der Waals surface area (Å²) in [7, 11) is 0. The molecule has 0 unspecified atom stereocenters. The first kappa shape index (κ1) is 25.1. The quantitative estimate of drug-likeness (QED) is 0.153. The number of thioether (sulfide) groups is 1. The molecule has 0 spiro atoms. The van der Waals surface area contributed by atoms with E-state index in [9.17, 15) is 9.59 Å². The van der Waals surface area contributed by atoms with Crippen LogP contribution in [0.5, 0.6) is 17.2 Å². The van der Waals surface area contributed by atoms with Crippen LogP contribution in [0, 0.1) is 3.57 Å². The number of rotatable bonds is 10. The Morgan fingerprint density at radius 2 is 1.63 bits per heavy atom. The second-order valence-corrected chi connectivity index (χ2v) is 9.78. The zero-order valence-electron chi connectivity index (χ0n) is 19.1. The van der Waals surface area contributed by atoms with E-state index in [0.29, 0.717) is 36.2 Å². The highest BCUT2D eigenvalue weighted by Gasteiger charge is 2.35. The molecule has 3 aromatic rings. The first-order valence-electron chi connectivity index (χ1n) is 11.1. The van der Waals surface area contributed by atoms with Crippen LogP contribution in [0.3, 0.4) is 0 Å². The molecule has 1 heterocycles. The zero-order chi connectivity index (χ0) is 24.6. The zero-order valence-corrected chi connectivity index (χ0v) is 22.1. The summed E-state index contributed by atoms with van der Waals surface area (Å²) in [6, 6.07) is 22.8. The molecule has 0 radical (unpaired) electrons. The maximum absolute atomic E-state index is 12.9. The van der Waals surface area contributed by atoms with E-state index in [4.69, 9.17) is 14.2 Å². The van der Waals surface area contributed by atoms with E-state index in [1.165, 1.54) is 4.90 Å². The lowest BCUT2D eigenvalue weighted by Gasteiger charge is -2.13. The number of ether oxygens (including phenoxy) is 3. The lowest BCUT2D eigenvalue weighted by Crippen LogP contribution is -2.27. The molecule has 2 amide bonds. The van der Waals surface area contributed by atoms with Crippen LogP contribution >= 0.6 is 34.4 Å². The number of carbonyl (C=O) groups is 2. The summed E-state index contributed by atoms with van der Waals surface area (Å²) in [5.41, 5.74) is 1.66. The van der Waals surface area contributed by atoms with Crippen LogP contribution in [0.1, 0.15) is 18.1 Å². The van der Waals surface area contributed by atoms with Crippen molar-refractivity contribution >= 4 is 51.6 Å². The first-order valence-corrected chi connectivity index (χ1v) is 13.0. The monoisotopic (exact) mass is 601 g/mol. The SMILES string of the molecule is CCOc1cc(/C=C2\SC(=O)N(Cc3ccc(I)cc3)C2=O)ccc1OCCOc1ccccc1. The topological polar surface area (TPSA) is 65.1 Å². The molecule has 8 heteroatoms. The van der Waals surface area contributed by atoms with Gasteiger partial charge in [-0.1, -0.05) is 36.4 Å². The highest BCUT2D eigenvalue weighted by atomic mass is 127. The van der Waals surface area contributed by atoms with Crippen LogP contribution in [-0.2, 0) is 11.3 Å². The van der Waals surface area contributed by atoms with Crippen LogP contribution in [0.15, 0.2) is 77.7 Å². The van der Waals surface area contributed by atoms with Crippen LogP contribution in [0.25, 0.3) is 6.08 Å². The Hall–Kier alpha value is -2.98. The Morgan fingerprint density at radius 1 is 0.886 bits per heavy atom. The molecule has 1 aliphatic heterocycles. The van der Waals surface area contributed by atoms with Gasteiger partial charge in [0.05, 0.1) is 18.1 Å². The van der Waals surface area contributed by atoms with Gasteiger partial charge in [0.25, 0.3) is 11.1 Å². The standard InChI is InChI=1S/C27H24INO5S/c1-2-32-24-16-20(10-13-23(24)34-15-14-33-22-6-4-3-5-7-22)17-25-26(30)29(27(31)35-25)18-19-8-11-21(28)12-9-19/h3-13,16-17H,2,14-15,18H2,1H3/b25-17-. The number of amides is 2.